The first-order valence-electron chi connectivity index (χ1n) is 9.39. The van der Waals surface area contributed by atoms with Gasteiger partial charge in [0.2, 0.25) is 5.88 Å². The number of carbonyl (C=O) groups excluding carboxylic acids is 1. The van der Waals surface area contributed by atoms with E-state index in [1.54, 1.807) is 7.11 Å². The maximum absolute atomic E-state index is 12.4. The Bertz CT molecular complexity index is 966. The monoisotopic (exact) mass is 377 g/mol. The maximum Gasteiger partial charge on any atom is 0.251 e. The highest BCUT2D eigenvalue weighted by Crippen LogP contribution is 2.31. The van der Waals surface area contributed by atoms with Crippen molar-refractivity contribution in [2.45, 2.75) is 6.10 Å². The molecule has 1 aliphatic rings. The fourth-order valence-corrected chi connectivity index (χ4v) is 3.32. The van der Waals surface area contributed by atoms with Gasteiger partial charge >= 0.3 is 0 Å². The van der Waals surface area contributed by atoms with E-state index >= 15 is 0 Å². The summed E-state index contributed by atoms with van der Waals surface area (Å²) in [7, 11) is 1.62. The van der Waals surface area contributed by atoms with Crippen molar-refractivity contribution in [3.05, 3.63) is 60.2 Å². The van der Waals surface area contributed by atoms with Crippen LogP contribution >= 0.6 is 0 Å². The van der Waals surface area contributed by atoms with Crippen LogP contribution in [0.3, 0.4) is 0 Å². The lowest BCUT2D eigenvalue weighted by molar-refractivity contribution is 0.0287. The van der Waals surface area contributed by atoms with E-state index in [0.29, 0.717) is 24.6 Å². The van der Waals surface area contributed by atoms with Gasteiger partial charge < -0.3 is 20.1 Å². The molecule has 144 valence electrons. The highest BCUT2D eigenvalue weighted by atomic mass is 16.5. The van der Waals surface area contributed by atoms with E-state index in [4.69, 9.17) is 9.47 Å². The van der Waals surface area contributed by atoms with Gasteiger partial charge in [0.15, 0.2) is 0 Å². The number of aromatic nitrogens is 1. The van der Waals surface area contributed by atoms with Crippen molar-refractivity contribution in [1.82, 2.24) is 15.6 Å². The molecule has 0 aliphatic carbocycles. The summed E-state index contributed by atoms with van der Waals surface area (Å²) in [6, 6.07) is 17.5. The van der Waals surface area contributed by atoms with Crippen molar-refractivity contribution in [1.29, 1.82) is 0 Å². The summed E-state index contributed by atoms with van der Waals surface area (Å²) in [6.45, 7) is 2.79. The van der Waals surface area contributed by atoms with Gasteiger partial charge in [0, 0.05) is 36.1 Å². The highest BCUT2D eigenvalue weighted by molar-refractivity contribution is 5.95. The summed E-state index contributed by atoms with van der Waals surface area (Å²) in [5.41, 5.74) is 3.35. The molecule has 1 atom stereocenters. The molecular formula is C22H23N3O3. The molecule has 1 saturated heterocycles. The first kappa shape index (κ1) is 18.4. The zero-order valence-electron chi connectivity index (χ0n) is 15.8. The molecule has 1 amide bonds. The minimum absolute atomic E-state index is 0.0184. The van der Waals surface area contributed by atoms with Crippen LogP contribution in [0.5, 0.6) is 5.88 Å². The number of rotatable bonds is 5. The fourth-order valence-electron chi connectivity index (χ4n) is 3.32. The third-order valence-electron chi connectivity index (χ3n) is 4.84. The first-order valence-corrected chi connectivity index (χ1v) is 9.39. The average Bonchev–Trinajstić information content (AvgIpc) is 2.77. The molecule has 1 aromatic heterocycles. The van der Waals surface area contributed by atoms with E-state index in [9.17, 15) is 4.79 Å². The zero-order valence-corrected chi connectivity index (χ0v) is 15.8. The van der Waals surface area contributed by atoms with Crippen molar-refractivity contribution in [3.63, 3.8) is 0 Å². The third-order valence-corrected chi connectivity index (χ3v) is 4.84. The SMILES string of the molecule is COc1nc2ccccc2cc1-c1ccc(C(=O)NC[C@H]2CNCCO2)cc1. The second kappa shape index (κ2) is 8.37. The van der Waals surface area contributed by atoms with Gasteiger partial charge in [-0.1, -0.05) is 30.3 Å². The third kappa shape index (κ3) is 3.98. The van der Waals surface area contributed by atoms with E-state index in [2.05, 4.69) is 21.7 Å². The smallest absolute Gasteiger partial charge is 0.251 e. The van der Waals surface area contributed by atoms with Gasteiger partial charge in [-0.3, -0.25) is 4.79 Å². The van der Waals surface area contributed by atoms with Crippen LogP contribution < -0.4 is 15.4 Å². The molecule has 1 fully saturated rings. The number of morpholine rings is 1. The Hall–Kier alpha value is -2.96. The Morgan fingerprint density at radius 2 is 2.07 bits per heavy atom. The Balaban J connectivity index is 1.51. The van der Waals surface area contributed by atoms with Gasteiger partial charge in [0.1, 0.15) is 0 Å². The Kier molecular flexibility index (Phi) is 5.50. The molecule has 0 unspecified atom stereocenters. The number of benzene rings is 2. The number of carbonyl (C=O) groups is 1. The predicted molar refractivity (Wildman–Crippen MR) is 109 cm³/mol. The second-order valence-electron chi connectivity index (χ2n) is 6.72. The molecule has 2 aromatic carbocycles. The number of pyridine rings is 1. The lowest BCUT2D eigenvalue weighted by Gasteiger charge is -2.23. The van der Waals surface area contributed by atoms with Crippen LogP contribution in [-0.2, 0) is 4.74 Å². The summed E-state index contributed by atoms with van der Waals surface area (Å²) in [5.74, 6) is 0.460. The van der Waals surface area contributed by atoms with Gasteiger partial charge in [-0.25, -0.2) is 4.98 Å². The van der Waals surface area contributed by atoms with Crippen molar-refractivity contribution in [2.75, 3.05) is 33.4 Å². The van der Waals surface area contributed by atoms with Gasteiger partial charge in [0.05, 0.1) is 25.3 Å². The number of para-hydroxylation sites is 1. The number of nitrogens with zero attached hydrogens (tertiary/aromatic N) is 1. The van der Waals surface area contributed by atoms with Crippen molar-refractivity contribution >= 4 is 16.8 Å². The van der Waals surface area contributed by atoms with Gasteiger partial charge in [-0.15, -0.1) is 0 Å². The molecular weight excluding hydrogens is 354 g/mol. The Labute approximate surface area is 163 Å². The first-order chi connectivity index (χ1) is 13.7. The van der Waals surface area contributed by atoms with E-state index in [1.165, 1.54) is 0 Å². The lowest BCUT2D eigenvalue weighted by atomic mass is 10.0. The minimum Gasteiger partial charge on any atom is -0.481 e. The summed E-state index contributed by atoms with van der Waals surface area (Å²) in [4.78, 5) is 17.0. The van der Waals surface area contributed by atoms with Gasteiger partial charge in [-0.2, -0.15) is 0 Å². The van der Waals surface area contributed by atoms with Crippen molar-refractivity contribution in [3.8, 4) is 17.0 Å². The molecule has 0 bridgehead atoms. The molecule has 6 heteroatoms. The number of hydrogen-bond acceptors (Lipinski definition) is 5. The molecule has 2 heterocycles. The highest BCUT2D eigenvalue weighted by Gasteiger charge is 2.15. The van der Waals surface area contributed by atoms with Gasteiger partial charge in [0.25, 0.3) is 5.91 Å². The van der Waals surface area contributed by atoms with Crippen molar-refractivity contribution in [2.24, 2.45) is 0 Å². The van der Waals surface area contributed by atoms with Crippen molar-refractivity contribution < 1.29 is 14.3 Å². The van der Waals surface area contributed by atoms with Crippen LogP contribution in [0.4, 0.5) is 0 Å². The van der Waals surface area contributed by atoms with E-state index in [1.807, 2.05) is 48.5 Å². The zero-order chi connectivity index (χ0) is 19.3. The molecule has 0 saturated carbocycles. The minimum atomic E-state index is -0.107. The summed E-state index contributed by atoms with van der Waals surface area (Å²) >= 11 is 0. The predicted octanol–water partition coefficient (Wildman–Crippen LogP) is 2.63. The molecule has 3 aromatic rings. The number of methoxy groups -OCH3 is 1. The topological polar surface area (TPSA) is 72.5 Å². The molecule has 1 aliphatic heterocycles. The molecule has 6 nitrogen and oxygen atoms in total. The van der Waals surface area contributed by atoms with E-state index < -0.39 is 0 Å². The molecule has 4 rings (SSSR count). The Morgan fingerprint density at radius 3 is 2.82 bits per heavy atom. The summed E-state index contributed by atoms with van der Waals surface area (Å²) in [5, 5.41) is 7.23. The van der Waals surface area contributed by atoms with Crippen LogP contribution in [0, 0.1) is 0 Å². The van der Waals surface area contributed by atoms with Gasteiger partial charge in [-0.05, 0) is 29.8 Å². The quantitative estimate of drug-likeness (QED) is 0.715. The number of hydrogen-bond donors (Lipinski definition) is 2. The fraction of sp³-hybridized carbons (Fsp3) is 0.273. The van der Waals surface area contributed by atoms with Crippen LogP contribution in [0.1, 0.15) is 10.4 Å². The number of fused-ring (bicyclic) bond motifs is 1. The summed E-state index contributed by atoms with van der Waals surface area (Å²) < 4.78 is 11.1. The molecule has 0 spiro atoms. The summed E-state index contributed by atoms with van der Waals surface area (Å²) in [6.07, 6.45) is 0.0184. The molecule has 2 N–H and O–H groups in total. The molecule has 28 heavy (non-hydrogen) atoms. The maximum atomic E-state index is 12.4. The van der Waals surface area contributed by atoms with Crippen LogP contribution in [0.25, 0.3) is 22.0 Å². The lowest BCUT2D eigenvalue weighted by Crippen LogP contribution is -2.45. The van der Waals surface area contributed by atoms with E-state index in [0.717, 1.165) is 35.1 Å². The number of nitrogens with one attached hydrogen (secondary N) is 2. The standard InChI is InChI=1S/C22H23N3O3/c1-27-22-19(12-17-4-2-3-5-20(17)25-22)15-6-8-16(9-7-15)21(26)24-14-18-13-23-10-11-28-18/h2-9,12,18,23H,10-11,13-14H2,1H3,(H,24,26)/t18-/m1/s1. The van der Waals surface area contributed by atoms with E-state index in [-0.39, 0.29) is 12.0 Å². The second-order valence-corrected chi connectivity index (χ2v) is 6.72. The largest absolute Gasteiger partial charge is 0.481 e. The number of ether oxygens (including phenoxy) is 2. The normalized spacial score (nSPS) is 16.7. The van der Waals surface area contributed by atoms with Crippen LogP contribution in [0.15, 0.2) is 54.6 Å². The Morgan fingerprint density at radius 1 is 1.25 bits per heavy atom. The number of amides is 1. The van der Waals surface area contributed by atoms with Crippen LogP contribution in [0.2, 0.25) is 0 Å². The van der Waals surface area contributed by atoms with Crippen LogP contribution in [-0.4, -0.2) is 50.3 Å². The molecule has 0 radical (unpaired) electrons. The average molecular weight is 377 g/mol.